The maximum Gasteiger partial charge on any atom is 0.240 e. The van der Waals surface area contributed by atoms with Crippen molar-refractivity contribution in [3.63, 3.8) is 0 Å². The summed E-state index contributed by atoms with van der Waals surface area (Å²) >= 11 is 5.70. The summed E-state index contributed by atoms with van der Waals surface area (Å²) in [4.78, 5) is -0.136. The van der Waals surface area contributed by atoms with Crippen molar-refractivity contribution < 1.29 is 12.8 Å². The summed E-state index contributed by atoms with van der Waals surface area (Å²) in [5.74, 6) is 0.148. The number of nitrogens with one attached hydrogen (secondary N) is 1. The Labute approximate surface area is 117 Å². The van der Waals surface area contributed by atoms with E-state index in [-0.39, 0.29) is 22.0 Å². The molecule has 0 aromatic heterocycles. The van der Waals surface area contributed by atoms with E-state index >= 15 is 0 Å². The molecule has 0 bridgehead atoms. The van der Waals surface area contributed by atoms with Gasteiger partial charge in [-0.1, -0.05) is 18.5 Å². The van der Waals surface area contributed by atoms with Gasteiger partial charge in [0, 0.05) is 13.1 Å². The predicted octanol–water partition coefficient (Wildman–Crippen LogP) is 1.87. The first-order valence-corrected chi connectivity index (χ1v) is 7.89. The van der Waals surface area contributed by atoms with Crippen LogP contribution in [-0.2, 0) is 16.6 Å². The van der Waals surface area contributed by atoms with Crippen molar-refractivity contribution in [2.75, 3.05) is 6.54 Å². The van der Waals surface area contributed by atoms with Gasteiger partial charge in [-0.05, 0) is 36.0 Å². The Hall–Kier alpha value is -0.690. The molecule has 2 atom stereocenters. The second kappa shape index (κ2) is 5.36. The van der Waals surface area contributed by atoms with Crippen LogP contribution in [0.15, 0.2) is 17.0 Å². The normalized spacial score (nSPS) is 22.5. The fraction of sp³-hybridized carbons (Fsp3) is 0.500. The van der Waals surface area contributed by atoms with Gasteiger partial charge in [-0.2, -0.15) is 0 Å². The third-order valence-corrected chi connectivity index (χ3v) is 5.25. The maximum atomic E-state index is 13.6. The lowest BCUT2D eigenvalue weighted by Crippen LogP contribution is -2.26. The average molecular weight is 307 g/mol. The fourth-order valence-electron chi connectivity index (χ4n) is 1.91. The van der Waals surface area contributed by atoms with E-state index in [0.717, 1.165) is 12.5 Å². The van der Waals surface area contributed by atoms with E-state index in [4.69, 9.17) is 17.3 Å². The van der Waals surface area contributed by atoms with E-state index in [1.807, 2.05) is 0 Å². The minimum absolute atomic E-state index is 0.0151. The topological polar surface area (TPSA) is 72.2 Å². The molecule has 0 amide bonds. The molecule has 2 rings (SSSR count). The van der Waals surface area contributed by atoms with Crippen molar-refractivity contribution in [3.05, 3.63) is 28.5 Å². The van der Waals surface area contributed by atoms with E-state index in [0.29, 0.717) is 18.4 Å². The molecular weight excluding hydrogens is 291 g/mol. The first kappa shape index (κ1) is 14.7. The van der Waals surface area contributed by atoms with Crippen molar-refractivity contribution in [1.29, 1.82) is 0 Å². The van der Waals surface area contributed by atoms with Crippen LogP contribution in [0.2, 0.25) is 5.02 Å². The second-order valence-corrected chi connectivity index (χ2v) is 7.05. The van der Waals surface area contributed by atoms with Gasteiger partial charge in [0.15, 0.2) is 0 Å². The van der Waals surface area contributed by atoms with Crippen LogP contribution in [0.4, 0.5) is 4.39 Å². The molecule has 1 aliphatic rings. The molecule has 0 radical (unpaired) electrons. The third kappa shape index (κ3) is 3.25. The summed E-state index contributed by atoms with van der Waals surface area (Å²) in [6.07, 6.45) is 1.02. The number of halogens is 2. The lowest BCUT2D eigenvalue weighted by molar-refractivity contribution is 0.570. The first-order valence-electron chi connectivity index (χ1n) is 6.03. The van der Waals surface area contributed by atoms with E-state index in [1.165, 1.54) is 6.07 Å². The molecule has 19 heavy (non-hydrogen) atoms. The molecule has 106 valence electrons. The molecule has 1 fully saturated rings. The summed E-state index contributed by atoms with van der Waals surface area (Å²) in [5.41, 5.74) is 5.70. The molecule has 1 aliphatic carbocycles. The Bertz CT molecular complexity index is 592. The lowest BCUT2D eigenvalue weighted by Gasteiger charge is -2.09. The van der Waals surface area contributed by atoms with Crippen molar-refractivity contribution >= 4 is 21.6 Å². The second-order valence-electron chi connectivity index (χ2n) is 4.91. The molecular formula is C12H16ClFN2O2S. The van der Waals surface area contributed by atoms with E-state index < -0.39 is 15.8 Å². The Morgan fingerprint density at radius 3 is 2.68 bits per heavy atom. The van der Waals surface area contributed by atoms with Crippen LogP contribution in [0.3, 0.4) is 0 Å². The minimum atomic E-state index is -3.71. The number of hydrogen-bond donors (Lipinski definition) is 2. The summed E-state index contributed by atoms with van der Waals surface area (Å²) in [7, 11) is -3.71. The van der Waals surface area contributed by atoms with Crippen LogP contribution in [-0.4, -0.2) is 15.0 Å². The highest BCUT2D eigenvalue weighted by molar-refractivity contribution is 7.89. The zero-order valence-corrected chi connectivity index (χ0v) is 12.1. The number of nitrogens with two attached hydrogens (primary N) is 1. The lowest BCUT2D eigenvalue weighted by atomic mass is 10.2. The highest BCUT2D eigenvalue weighted by Gasteiger charge is 2.33. The molecule has 0 spiro atoms. The molecule has 0 aliphatic heterocycles. The Morgan fingerprint density at radius 2 is 2.16 bits per heavy atom. The van der Waals surface area contributed by atoms with Gasteiger partial charge in [-0.15, -0.1) is 0 Å². The molecule has 0 saturated heterocycles. The van der Waals surface area contributed by atoms with Crippen molar-refractivity contribution in [3.8, 4) is 0 Å². The number of hydrogen-bond acceptors (Lipinski definition) is 3. The van der Waals surface area contributed by atoms with Crippen LogP contribution in [0.5, 0.6) is 0 Å². The molecule has 0 heterocycles. The van der Waals surface area contributed by atoms with Crippen molar-refractivity contribution in [2.45, 2.75) is 24.8 Å². The summed E-state index contributed by atoms with van der Waals surface area (Å²) in [6, 6.07) is 2.23. The van der Waals surface area contributed by atoms with Gasteiger partial charge in [0.1, 0.15) is 5.82 Å². The minimum Gasteiger partial charge on any atom is -0.326 e. The van der Waals surface area contributed by atoms with Gasteiger partial charge in [-0.25, -0.2) is 17.5 Å². The Morgan fingerprint density at radius 1 is 1.53 bits per heavy atom. The number of benzene rings is 1. The SMILES string of the molecule is CC1CC1CNS(=O)(=O)c1cc(F)c(Cl)c(CN)c1. The van der Waals surface area contributed by atoms with Gasteiger partial charge in [0.25, 0.3) is 0 Å². The highest BCUT2D eigenvalue weighted by Crippen LogP contribution is 2.37. The van der Waals surface area contributed by atoms with Crippen LogP contribution >= 0.6 is 11.6 Å². The number of sulfonamides is 1. The molecule has 2 unspecified atom stereocenters. The number of rotatable bonds is 5. The zero-order valence-electron chi connectivity index (χ0n) is 10.5. The highest BCUT2D eigenvalue weighted by atomic mass is 35.5. The van der Waals surface area contributed by atoms with E-state index in [9.17, 15) is 12.8 Å². The Kier molecular flexibility index (Phi) is 4.15. The smallest absolute Gasteiger partial charge is 0.240 e. The van der Waals surface area contributed by atoms with E-state index in [1.54, 1.807) is 0 Å². The third-order valence-electron chi connectivity index (χ3n) is 3.42. The summed E-state index contributed by atoms with van der Waals surface area (Å²) in [5, 5.41) is -0.128. The first-order chi connectivity index (χ1) is 8.85. The Balaban J connectivity index is 2.22. The largest absolute Gasteiger partial charge is 0.326 e. The molecule has 3 N–H and O–H groups in total. The van der Waals surface area contributed by atoms with Gasteiger partial charge in [-0.3, -0.25) is 0 Å². The van der Waals surface area contributed by atoms with E-state index in [2.05, 4.69) is 11.6 Å². The van der Waals surface area contributed by atoms with Gasteiger partial charge < -0.3 is 5.73 Å². The molecule has 1 aromatic rings. The maximum absolute atomic E-state index is 13.6. The van der Waals surface area contributed by atoms with Gasteiger partial charge in [0.2, 0.25) is 10.0 Å². The molecule has 1 saturated carbocycles. The van der Waals surface area contributed by atoms with Crippen molar-refractivity contribution in [1.82, 2.24) is 4.72 Å². The molecule has 1 aromatic carbocycles. The summed E-state index contributed by atoms with van der Waals surface area (Å²) < 4.78 is 40.1. The summed E-state index contributed by atoms with van der Waals surface area (Å²) in [6.45, 7) is 2.43. The monoisotopic (exact) mass is 306 g/mol. The van der Waals surface area contributed by atoms with Crippen LogP contribution in [0.25, 0.3) is 0 Å². The zero-order chi connectivity index (χ0) is 14.2. The van der Waals surface area contributed by atoms with Crippen LogP contribution in [0, 0.1) is 17.7 Å². The van der Waals surface area contributed by atoms with Crippen LogP contribution in [0.1, 0.15) is 18.9 Å². The average Bonchev–Trinajstić information content (AvgIpc) is 3.06. The quantitative estimate of drug-likeness (QED) is 0.872. The predicted molar refractivity (Wildman–Crippen MR) is 71.8 cm³/mol. The van der Waals surface area contributed by atoms with Gasteiger partial charge >= 0.3 is 0 Å². The standard InChI is InChI=1S/C12H16ClFN2O2S/c1-7-2-9(7)6-16-19(17,18)10-3-8(5-15)12(13)11(14)4-10/h3-4,7,9,16H,2,5-6,15H2,1H3. The van der Waals surface area contributed by atoms with Gasteiger partial charge in [0.05, 0.1) is 9.92 Å². The van der Waals surface area contributed by atoms with Crippen molar-refractivity contribution in [2.24, 2.45) is 17.6 Å². The van der Waals surface area contributed by atoms with Crippen LogP contribution < -0.4 is 10.5 Å². The molecule has 7 heteroatoms. The fourth-order valence-corrected chi connectivity index (χ4v) is 3.25. The molecule has 4 nitrogen and oxygen atoms in total.